The van der Waals surface area contributed by atoms with Crippen LogP contribution < -0.4 is 4.74 Å². The number of benzene rings is 2. The molecule has 0 fully saturated rings. The summed E-state index contributed by atoms with van der Waals surface area (Å²) in [6.45, 7) is 1.07. The van der Waals surface area contributed by atoms with Gasteiger partial charge in [0.2, 0.25) is 0 Å². The molecular weight excluding hydrogens is 344 g/mol. The first kappa shape index (κ1) is 19.2. The summed E-state index contributed by atoms with van der Waals surface area (Å²) in [5, 5.41) is 10.6. The molecule has 0 aromatic heterocycles. The summed E-state index contributed by atoms with van der Waals surface area (Å²) in [7, 11) is -1.79. The number of hydrogen-bond acceptors (Lipinski definition) is 6. The van der Waals surface area contributed by atoms with E-state index in [2.05, 4.69) is 0 Å². The monoisotopic (exact) mass is 366 g/mol. The topological polar surface area (TPSA) is 89.9 Å². The van der Waals surface area contributed by atoms with Gasteiger partial charge in [0, 0.05) is 0 Å². The lowest BCUT2D eigenvalue weighted by atomic mass is 9.98. The van der Waals surface area contributed by atoms with E-state index in [0.29, 0.717) is 0 Å². The highest BCUT2D eigenvalue weighted by atomic mass is 32.2. The molecule has 0 amide bonds. The van der Waals surface area contributed by atoms with Crippen LogP contribution in [0.1, 0.15) is 18.4 Å². The fourth-order valence-electron chi connectivity index (χ4n) is 2.41. The molecule has 0 aliphatic carbocycles. The molecule has 2 aromatic rings. The number of ether oxygens (including phenoxy) is 2. The number of carbonyl (C=O) groups excluding carboxylic acids is 1. The predicted octanol–water partition coefficient (Wildman–Crippen LogP) is 1.90. The number of rotatable bonds is 8. The largest absolute Gasteiger partial charge is 0.497 e. The van der Waals surface area contributed by atoms with Crippen molar-refractivity contribution < 1.29 is 27.8 Å². The van der Waals surface area contributed by atoms with Crippen molar-refractivity contribution in [2.24, 2.45) is 0 Å². The third-order valence-electron chi connectivity index (χ3n) is 3.97. The van der Waals surface area contributed by atoms with Crippen LogP contribution in [0.5, 0.6) is 5.75 Å². The van der Waals surface area contributed by atoms with Crippen LogP contribution in [-0.2, 0) is 19.4 Å². The van der Waals surface area contributed by atoms with E-state index in [9.17, 15) is 13.2 Å². The zero-order chi connectivity index (χ0) is 18.4. The van der Waals surface area contributed by atoms with Crippen molar-refractivity contribution in [3.05, 3.63) is 42.0 Å². The lowest BCUT2D eigenvalue weighted by molar-refractivity contribution is -0.144. The van der Waals surface area contributed by atoms with E-state index in [1.165, 1.54) is 0 Å². The minimum Gasteiger partial charge on any atom is -0.497 e. The van der Waals surface area contributed by atoms with Gasteiger partial charge in [-0.1, -0.05) is 24.3 Å². The lowest BCUT2D eigenvalue weighted by Crippen LogP contribution is -2.21. The predicted molar refractivity (Wildman–Crippen MR) is 95.6 cm³/mol. The van der Waals surface area contributed by atoms with Gasteiger partial charge in [-0.15, -0.1) is 0 Å². The molecular formula is C18H22O6S. The summed E-state index contributed by atoms with van der Waals surface area (Å²) in [4.78, 5) is 12.1. The molecule has 1 atom stereocenters. The van der Waals surface area contributed by atoms with Gasteiger partial charge in [0.1, 0.15) is 12.4 Å². The number of carbonyl (C=O) groups is 1. The summed E-state index contributed by atoms with van der Waals surface area (Å²) >= 11 is 0. The van der Waals surface area contributed by atoms with E-state index >= 15 is 0 Å². The fraction of sp³-hybridized carbons (Fsp3) is 0.389. The van der Waals surface area contributed by atoms with Gasteiger partial charge in [0.05, 0.1) is 31.1 Å². The van der Waals surface area contributed by atoms with Gasteiger partial charge in [-0.3, -0.25) is 4.79 Å². The van der Waals surface area contributed by atoms with Crippen LogP contribution in [0, 0.1) is 0 Å². The number of aliphatic hydroxyl groups is 1. The standard InChI is InChI=1S/C18H22O6S/c1-13(18(20)24-8-10-25(21,22)9-7-19)14-3-4-16-12-17(23-2)6-5-15(16)11-14/h3-6,11-13,19H,7-10H2,1-2H3/t13-/m0/s1. The highest BCUT2D eigenvalue weighted by Gasteiger charge is 2.18. The zero-order valence-corrected chi connectivity index (χ0v) is 15.1. The lowest BCUT2D eigenvalue weighted by Gasteiger charge is -2.13. The number of esters is 1. The SMILES string of the molecule is COc1ccc2cc([C@H](C)C(=O)OCCS(=O)(=O)CCO)ccc2c1. The fourth-order valence-corrected chi connectivity index (χ4v) is 3.23. The zero-order valence-electron chi connectivity index (χ0n) is 14.3. The van der Waals surface area contributed by atoms with Crippen LogP contribution in [0.25, 0.3) is 10.8 Å². The average molecular weight is 366 g/mol. The molecule has 7 heteroatoms. The first-order valence-electron chi connectivity index (χ1n) is 7.92. The van der Waals surface area contributed by atoms with Crippen LogP contribution in [0.15, 0.2) is 36.4 Å². The Kier molecular flexibility index (Phi) is 6.39. The Morgan fingerprint density at radius 1 is 1.12 bits per heavy atom. The summed E-state index contributed by atoms with van der Waals surface area (Å²) < 4.78 is 33.2. The minimum atomic E-state index is -3.39. The van der Waals surface area contributed by atoms with E-state index in [4.69, 9.17) is 14.6 Å². The third-order valence-corrected chi connectivity index (χ3v) is 5.56. The van der Waals surface area contributed by atoms with Gasteiger partial charge in [-0.2, -0.15) is 0 Å². The highest BCUT2D eigenvalue weighted by Crippen LogP contribution is 2.25. The maximum atomic E-state index is 12.1. The van der Waals surface area contributed by atoms with E-state index in [1.807, 2.05) is 36.4 Å². The molecule has 0 radical (unpaired) electrons. The Labute approximate surface area is 147 Å². The third kappa shape index (κ3) is 5.17. The molecule has 0 bridgehead atoms. The number of sulfone groups is 1. The van der Waals surface area contributed by atoms with Gasteiger partial charge >= 0.3 is 5.97 Å². The maximum absolute atomic E-state index is 12.1. The molecule has 0 saturated carbocycles. The molecule has 2 aromatic carbocycles. The van der Waals surface area contributed by atoms with Crippen molar-refractivity contribution in [3.8, 4) is 5.75 Å². The first-order valence-corrected chi connectivity index (χ1v) is 9.74. The Balaban J connectivity index is 2.03. The van der Waals surface area contributed by atoms with Gasteiger partial charge in [-0.25, -0.2) is 8.42 Å². The molecule has 1 N–H and O–H groups in total. The summed E-state index contributed by atoms with van der Waals surface area (Å²) in [5.74, 6) is -0.839. The molecule has 2 rings (SSSR count). The van der Waals surface area contributed by atoms with Crippen LogP contribution >= 0.6 is 0 Å². The number of fused-ring (bicyclic) bond motifs is 1. The van der Waals surface area contributed by atoms with Crippen molar-refractivity contribution in [3.63, 3.8) is 0 Å². The molecule has 0 heterocycles. The van der Waals surface area contributed by atoms with Gasteiger partial charge in [0.25, 0.3) is 0 Å². The van der Waals surface area contributed by atoms with E-state index in [1.54, 1.807) is 14.0 Å². The smallest absolute Gasteiger partial charge is 0.313 e. The molecule has 25 heavy (non-hydrogen) atoms. The molecule has 0 unspecified atom stereocenters. The Morgan fingerprint density at radius 3 is 2.48 bits per heavy atom. The van der Waals surface area contributed by atoms with Crippen LogP contribution in [-0.4, -0.2) is 51.3 Å². The Bertz CT molecular complexity index is 844. The van der Waals surface area contributed by atoms with E-state index < -0.39 is 28.3 Å². The van der Waals surface area contributed by atoms with E-state index in [-0.39, 0.29) is 18.1 Å². The van der Waals surface area contributed by atoms with Crippen LogP contribution in [0.2, 0.25) is 0 Å². The highest BCUT2D eigenvalue weighted by molar-refractivity contribution is 7.91. The quantitative estimate of drug-likeness (QED) is 0.718. The van der Waals surface area contributed by atoms with Gasteiger partial charge < -0.3 is 14.6 Å². The normalized spacial score (nSPS) is 12.8. The second-order valence-corrected chi connectivity index (χ2v) is 8.04. The first-order chi connectivity index (χ1) is 11.9. The van der Waals surface area contributed by atoms with Crippen molar-refractivity contribution >= 4 is 26.6 Å². The van der Waals surface area contributed by atoms with Gasteiger partial charge in [0.15, 0.2) is 9.84 Å². The summed E-state index contributed by atoms with van der Waals surface area (Å²) in [5.41, 5.74) is 0.792. The molecule has 0 aliphatic rings. The number of hydrogen-bond donors (Lipinski definition) is 1. The van der Waals surface area contributed by atoms with Crippen LogP contribution in [0.4, 0.5) is 0 Å². The van der Waals surface area contributed by atoms with Crippen molar-refractivity contribution in [1.82, 2.24) is 0 Å². The second kappa shape index (κ2) is 8.31. The number of methoxy groups -OCH3 is 1. The van der Waals surface area contributed by atoms with Crippen molar-refractivity contribution in [2.75, 3.05) is 31.8 Å². The second-order valence-electron chi connectivity index (χ2n) is 5.74. The van der Waals surface area contributed by atoms with Gasteiger partial charge in [-0.05, 0) is 35.4 Å². The number of aliphatic hydroxyl groups excluding tert-OH is 1. The summed E-state index contributed by atoms with van der Waals surface area (Å²) in [6, 6.07) is 11.3. The molecule has 6 nitrogen and oxygen atoms in total. The average Bonchev–Trinajstić information content (AvgIpc) is 2.59. The van der Waals surface area contributed by atoms with E-state index in [0.717, 1.165) is 22.1 Å². The molecule has 136 valence electrons. The molecule has 0 aliphatic heterocycles. The maximum Gasteiger partial charge on any atom is 0.313 e. The summed E-state index contributed by atoms with van der Waals surface area (Å²) in [6.07, 6.45) is 0. The van der Waals surface area contributed by atoms with Crippen molar-refractivity contribution in [1.29, 1.82) is 0 Å². The minimum absolute atomic E-state index is 0.212. The Morgan fingerprint density at radius 2 is 1.80 bits per heavy atom. The van der Waals surface area contributed by atoms with Crippen molar-refractivity contribution in [2.45, 2.75) is 12.8 Å². The Hall–Kier alpha value is -2.12. The van der Waals surface area contributed by atoms with Crippen LogP contribution in [0.3, 0.4) is 0 Å². The molecule has 0 spiro atoms. The molecule has 0 saturated heterocycles.